The Morgan fingerprint density at radius 1 is 1.12 bits per heavy atom. The first-order chi connectivity index (χ1) is 15.7. The van der Waals surface area contributed by atoms with Crippen molar-refractivity contribution in [2.24, 2.45) is 0 Å². The Bertz CT molecular complexity index is 1200. The average molecular weight is 450 g/mol. The summed E-state index contributed by atoms with van der Waals surface area (Å²) >= 11 is 0. The second-order valence-electron chi connectivity index (χ2n) is 8.94. The lowest BCUT2D eigenvalue weighted by Gasteiger charge is -2.36. The maximum atomic E-state index is 12.3. The van der Waals surface area contributed by atoms with Gasteiger partial charge in [-0.1, -0.05) is 18.2 Å². The highest BCUT2D eigenvalue weighted by Gasteiger charge is 2.26. The number of hydrogen-bond donors (Lipinski definition) is 1. The van der Waals surface area contributed by atoms with E-state index in [1.807, 2.05) is 56.0 Å². The number of ether oxygens (including phenoxy) is 1. The topological polar surface area (TPSA) is 105 Å². The van der Waals surface area contributed by atoms with Crippen molar-refractivity contribution in [1.29, 1.82) is 0 Å². The molecule has 1 saturated heterocycles. The predicted octanol–water partition coefficient (Wildman–Crippen LogP) is 4.70. The first kappa shape index (κ1) is 22.3. The van der Waals surface area contributed by atoms with Gasteiger partial charge in [-0.3, -0.25) is 15.2 Å². The minimum absolute atomic E-state index is 0.0261. The van der Waals surface area contributed by atoms with E-state index in [1.54, 1.807) is 29.2 Å². The number of nitro benzene ring substituents is 1. The molecule has 33 heavy (non-hydrogen) atoms. The summed E-state index contributed by atoms with van der Waals surface area (Å²) in [6, 6.07) is 12.9. The molecule has 1 aromatic heterocycles. The summed E-state index contributed by atoms with van der Waals surface area (Å²) in [5.41, 5.74) is 2.38. The number of H-pyrrole nitrogens is 1. The molecule has 0 saturated carbocycles. The van der Waals surface area contributed by atoms with E-state index in [0.29, 0.717) is 31.7 Å². The third kappa shape index (κ3) is 5.14. The van der Waals surface area contributed by atoms with Crippen molar-refractivity contribution >= 4 is 40.5 Å². The van der Waals surface area contributed by atoms with Crippen LogP contribution in [0.1, 0.15) is 32.0 Å². The van der Waals surface area contributed by atoms with Crippen molar-refractivity contribution < 1.29 is 14.5 Å². The second kappa shape index (κ2) is 8.93. The molecule has 1 fully saturated rings. The summed E-state index contributed by atoms with van der Waals surface area (Å²) in [5, 5.41) is 20.0. The maximum absolute atomic E-state index is 12.3. The molecule has 0 spiro atoms. The number of nitrogens with zero attached hydrogens (tertiary/aromatic N) is 4. The number of amides is 1. The van der Waals surface area contributed by atoms with Gasteiger partial charge in [0, 0.05) is 43.3 Å². The van der Waals surface area contributed by atoms with Gasteiger partial charge in [-0.2, -0.15) is 5.10 Å². The number of anilines is 1. The Morgan fingerprint density at radius 2 is 1.85 bits per heavy atom. The standard InChI is InChI=1S/C24H27N5O4/c1-24(2,3)33-23(30)28-14-12-27(13-15-28)18-10-8-17(22(16-18)29(31)32)9-11-21-19-6-4-5-7-20(19)25-26-21/h4-11,16H,12-15H2,1-3H3,(H,25,26)/b11-9+. The minimum Gasteiger partial charge on any atom is -0.444 e. The minimum atomic E-state index is -0.541. The molecule has 9 nitrogen and oxygen atoms in total. The van der Waals surface area contributed by atoms with Crippen LogP contribution in [-0.2, 0) is 4.74 Å². The smallest absolute Gasteiger partial charge is 0.410 e. The Labute approximate surface area is 191 Å². The van der Waals surface area contributed by atoms with Gasteiger partial charge in [0.25, 0.3) is 5.69 Å². The highest BCUT2D eigenvalue weighted by molar-refractivity contribution is 5.90. The lowest BCUT2D eigenvalue weighted by Crippen LogP contribution is -2.50. The van der Waals surface area contributed by atoms with Crippen LogP contribution in [0.5, 0.6) is 0 Å². The number of para-hydroxylation sites is 1. The lowest BCUT2D eigenvalue weighted by atomic mass is 10.1. The molecule has 1 amide bonds. The van der Waals surface area contributed by atoms with Crippen LogP contribution < -0.4 is 4.90 Å². The Kier molecular flexibility index (Phi) is 6.04. The highest BCUT2D eigenvalue weighted by atomic mass is 16.6. The van der Waals surface area contributed by atoms with Crippen molar-refractivity contribution in [1.82, 2.24) is 15.1 Å². The van der Waals surface area contributed by atoms with E-state index in [2.05, 4.69) is 10.2 Å². The van der Waals surface area contributed by atoms with Crippen LogP contribution in [-0.4, -0.2) is 57.9 Å². The molecule has 1 aliphatic rings. The van der Waals surface area contributed by atoms with Gasteiger partial charge in [0.1, 0.15) is 5.60 Å². The van der Waals surface area contributed by atoms with Crippen LogP contribution in [0.15, 0.2) is 42.5 Å². The summed E-state index contributed by atoms with van der Waals surface area (Å²) in [7, 11) is 0. The summed E-state index contributed by atoms with van der Waals surface area (Å²) in [4.78, 5) is 27.4. The molecule has 2 heterocycles. The van der Waals surface area contributed by atoms with E-state index in [0.717, 1.165) is 22.3 Å². The van der Waals surface area contributed by atoms with Crippen LogP contribution in [0, 0.1) is 10.1 Å². The zero-order valence-electron chi connectivity index (χ0n) is 18.9. The van der Waals surface area contributed by atoms with Gasteiger partial charge in [0.05, 0.1) is 21.7 Å². The highest BCUT2D eigenvalue weighted by Crippen LogP contribution is 2.29. The third-order valence-corrected chi connectivity index (χ3v) is 5.43. The molecule has 0 aliphatic carbocycles. The quantitative estimate of drug-likeness (QED) is 0.457. The summed E-state index contributed by atoms with van der Waals surface area (Å²) in [6.45, 7) is 7.66. The molecule has 0 bridgehead atoms. The summed E-state index contributed by atoms with van der Waals surface area (Å²) < 4.78 is 5.43. The van der Waals surface area contributed by atoms with Crippen molar-refractivity contribution in [2.45, 2.75) is 26.4 Å². The van der Waals surface area contributed by atoms with E-state index in [-0.39, 0.29) is 16.7 Å². The molecule has 1 aliphatic heterocycles. The fourth-order valence-electron chi connectivity index (χ4n) is 3.78. The summed E-state index contributed by atoms with van der Waals surface area (Å²) in [6.07, 6.45) is 3.16. The van der Waals surface area contributed by atoms with E-state index in [9.17, 15) is 14.9 Å². The zero-order chi connectivity index (χ0) is 23.6. The fourth-order valence-corrected chi connectivity index (χ4v) is 3.78. The van der Waals surface area contributed by atoms with Crippen LogP contribution in [0.25, 0.3) is 23.1 Å². The monoisotopic (exact) mass is 449 g/mol. The van der Waals surface area contributed by atoms with Crippen molar-refractivity contribution in [3.63, 3.8) is 0 Å². The van der Waals surface area contributed by atoms with Crippen LogP contribution >= 0.6 is 0 Å². The third-order valence-electron chi connectivity index (χ3n) is 5.43. The maximum Gasteiger partial charge on any atom is 0.410 e. The number of nitrogens with one attached hydrogen (secondary N) is 1. The Hall–Kier alpha value is -3.88. The molecule has 2 aromatic carbocycles. The number of benzene rings is 2. The molecular formula is C24H27N5O4. The van der Waals surface area contributed by atoms with E-state index in [4.69, 9.17) is 4.74 Å². The van der Waals surface area contributed by atoms with E-state index < -0.39 is 5.60 Å². The molecule has 172 valence electrons. The first-order valence-corrected chi connectivity index (χ1v) is 10.8. The van der Waals surface area contributed by atoms with Gasteiger partial charge in [-0.15, -0.1) is 0 Å². The van der Waals surface area contributed by atoms with Gasteiger partial charge < -0.3 is 14.5 Å². The Balaban J connectivity index is 1.49. The molecule has 0 atom stereocenters. The number of aromatic nitrogens is 2. The van der Waals surface area contributed by atoms with Crippen molar-refractivity contribution in [3.05, 3.63) is 63.8 Å². The number of piperazine rings is 1. The SMILES string of the molecule is CC(C)(C)OC(=O)N1CCN(c2ccc(/C=C/c3n[nH]c4ccccc34)c([N+](=O)[O-])c2)CC1. The van der Waals surface area contributed by atoms with Gasteiger partial charge >= 0.3 is 6.09 Å². The largest absolute Gasteiger partial charge is 0.444 e. The number of fused-ring (bicyclic) bond motifs is 1. The predicted molar refractivity (Wildman–Crippen MR) is 128 cm³/mol. The molecule has 0 unspecified atom stereocenters. The van der Waals surface area contributed by atoms with Crippen molar-refractivity contribution in [2.75, 3.05) is 31.1 Å². The van der Waals surface area contributed by atoms with Crippen LogP contribution in [0.3, 0.4) is 0 Å². The number of carbonyl (C=O) groups is 1. The van der Waals surface area contributed by atoms with Gasteiger partial charge in [0.2, 0.25) is 0 Å². The average Bonchev–Trinajstić information content (AvgIpc) is 3.19. The number of nitro groups is 1. The zero-order valence-corrected chi connectivity index (χ0v) is 18.9. The number of rotatable bonds is 4. The first-order valence-electron chi connectivity index (χ1n) is 10.8. The number of aromatic amines is 1. The summed E-state index contributed by atoms with van der Waals surface area (Å²) in [5.74, 6) is 0. The molecule has 1 N–H and O–H groups in total. The van der Waals surface area contributed by atoms with Gasteiger partial charge in [0.15, 0.2) is 0 Å². The van der Waals surface area contributed by atoms with Crippen LogP contribution in [0.2, 0.25) is 0 Å². The molecule has 0 radical (unpaired) electrons. The van der Waals surface area contributed by atoms with Crippen LogP contribution in [0.4, 0.5) is 16.2 Å². The lowest BCUT2D eigenvalue weighted by molar-refractivity contribution is -0.385. The fraction of sp³-hybridized carbons (Fsp3) is 0.333. The molecule has 4 rings (SSSR count). The Morgan fingerprint density at radius 3 is 2.55 bits per heavy atom. The number of carbonyl (C=O) groups excluding carboxylic acids is 1. The second-order valence-corrected chi connectivity index (χ2v) is 8.94. The van der Waals surface area contributed by atoms with Crippen molar-refractivity contribution in [3.8, 4) is 0 Å². The van der Waals surface area contributed by atoms with E-state index >= 15 is 0 Å². The molecular weight excluding hydrogens is 422 g/mol. The normalized spacial score (nSPS) is 14.8. The van der Waals surface area contributed by atoms with E-state index in [1.165, 1.54) is 0 Å². The molecule has 9 heteroatoms. The molecule has 3 aromatic rings. The van der Waals surface area contributed by atoms with Gasteiger partial charge in [-0.05, 0) is 51.1 Å². The number of hydrogen-bond acceptors (Lipinski definition) is 6. The van der Waals surface area contributed by atoms with Gasteiger partial charge in [-0.25, -0.2) is 4.79 Å².